The number of halogens is 1. The molecule has 0 aliphatic carbocycles. The summed E-state index contributed by atoms with van der Waals surface area (Å²) in [7, 11) is 0. The molecule has 3 aromatic rings. The molecule has 0 aliphatic rings. The van der Waals surface area contributed by atoms with Crippen molar-refractivity contribution >= 4 is 6.03 Å². The number of carbonyl (C=O) groups excluding carboxylic acids is 1. The van der Waals surface area contributed by atoms with E-state index in [0.717, 1.165) is 16.9 Å². The zero-order chi connectivity index (χ0) is 17.5. The fourth-order valence-electron chi connectivity index (χ4n) is 2.28. The minimum absolute atomic E-state index is 0.249. The highest BCUT2D eigenvalue weighted by Crippen LogP contribution is 2.05. The van der Waals surface area contributed by atoms with Crippen LogP contribution in [0.4, 0.5) is 9.18 Å². The van der Waals surface area contributed by atoms with Crippen molar-refractivity contribution in [3.05, 3.63) is 78.3 Å². The number of amides is 2. The van der Waals surface area contributed by atoms with Crippen molar-refractivity contribution in [3.8, 4) is 5.82 Å². The monoisotopic (exact) mass is 339 g/mol. The van der Waals surface area contributed by atoms with Gasteiger partial charge in [-0.25, -0.2) is 19.2 Å². The van der Waals surface area contributed by atoms with Crippen molar-refractivity contribution in [2.75, 3.05) is 6.54 Å². The van der Waals surface area contributed by atoms with Gasteiger partial charge >= 0.3 is 6.03 Å². The molecule has 1 aromatic carbocycles. The number of imidazole rings is 1. The Hall–Kier alpha value is -3.22. The average Bonchev–Trinajstić information content (AvgIpc) is 3.17. The van der Waals surface area contributed by atoms with E-state index < -0.39 is 0 Å². The summed E-state index contributed by atoms with van der Waals surface area (Å²) >= 11 is 0. The molecule has 0 unspecified atom stereocenters. The van der Waals surface area contributed by atoms with Gasteiger partial charge in [0.05, 0.1) is 0 Å². The Morgan fingerprint density at radius 1 is 1.08 bits per heavy atom. The molecule has 0 saturated carbocycles. The van der Waals surface area contributed by atoms with Gasteiger partial charge in [0, 0.05) is 31.7 Å². The number of hydrogen-bond donors (Lipinski definition) is 2. The van der Waals surface area contributed by atoms with Gasteiger partial charge in [0.25, 0.3) is 0 Å². The molecule has 128 valence electrons. The maximum atomic E-state index is 12.8. The summed E-state index contributed by atoms with van der Waals surface area (Å²) < 4.78 is 14.6. The van der Waals surface area contributed by atoms with Gasteiger partial charge in [-0.2, -0.15) is 0 Å². The smallest absolute Gasteiger partial charge is 0.315 e. The van der Waals surface area contributed by atoms with Gasteiger partial charge in [0.15, 0.2) is 0 Å². The second-order valence-electron chi connectivity index (χ2n) is 5.48. The largest absolute Gasteiger partial charge is 0.338 e. The van der Waals surface area contributed by atoms with Crippen LogP contribution in [0.5, 0.6) is 0 Å². The van der Waals surface area contributed by atoms with Gasteiger partial charge in [-0.15, -0.1) is 0 Å². The quantitative estimate of drug-likeness (QED) is 0.725. The number of benzene rings is 1. The predicted octanol–water partition coefficient (Wildman–Crippen LogP) is 2.45. The lowest BCUT2D eigenvalue weighted by atomic mass is 10.1. The van der Waals surface area contributed by atoms with Crippen LogP contribution in [0.3, 0.4) is 0 Å². The molecule has 2 aromatic heterocycles. The number of nitrogens with one attached hydrogen (secondary N) is 2. The lowest BCUT2D eigenvalue weighted by Gasteiger charge is -2.08. The van der Waals surface area contributed by atoms with Gasteiger partial charge in [-0.05, 0) is 35.7 Å². The number of pyridine rings is 1. The third-order valence-electron chi connectivity index (χ3n) is 3.64. The summed E-state index contributed by atoms with van der Waals surface area (Å²) in [6.07, 6.45) is 7.54. The molecular weight excluding hydrogens is 321 g/mol. The molecule has 3 rings (SSSR count). The van der Waals surface area contributed by atoms with Crippen LogP contribution in [0.15, 0.2) is 61.3 Å². The fourth-order valence-corrected chi connectivity index (χ4v) is 2.28. The minimum Gasteiger partial charge on any atom is -0.338 e. The minimum atomic E-state index is -0.262. The van der Waals surface area contributed by atoms with Crippen LogP contribution in [0.25, 0.3) is 5.82 Å². The Morgan fingerprint density at radius 2 is 1.88 bits per heavy atom. The molecular formula is C18H18FN5O. The molecule has 2 heterocycles. The lowest BCUT2D eigenvalue weighted by molar-refractivity contribution is 0.240. The van der Waals surface area contributed by atoms with Crippen molar-refractivity contribution in [1.82, 2.24) is 25.2 Å². The maximum Gasteiger partial charge on any atom is 0.315 e. The predicted molar refractivity (Wildman–Crippen MR) is 91.7 cm³/mol. The van der Waals surface area contributed by atoms with E-state index in [-0.39, 0.29) is 11.8 Å². The second kappa shape index (κ2) is 8.05. The Labute approximate surface area is 144 Å². The zero-order valence-corrected chi connectivity index (χ0v) is 13.5. The molecule has 0 bridgehead atoms. The van der Waals surface area contributed by atoms with Crippen LogP contribution >= 0.6 is 0 Å². The Bertz CT molecular complexity index is 800. The van der Waals surface area contributed by atoms with Gasteiger partial charge in [0.1, 0.15) is 18.0 Å². The Kier molecular flexibility index (Phi) is 5.36. The van der Waals surface area contributed by atoms with Crippen LogP contribution in [0, 0.1) is 5.82 Å². The van der Waals surface area contributed by atoms with Crippen LogP contribution in [0.1, 0.15) is 11.1 Å². The van der Waals surface area contributed by atoms with Crippen LogP contribution < -0.4 is 10.6 Å². The second-order valence-corrected chi connectivity index (χ2v) is 5.48. The first-order chi connectivity index (χ1) is 12.2. The van der Waals surface area contributed by atoms with E-state index in [4.69, 9.17) is 0 Å². The molecule has 2 amide bonds. The van der Waals surface area contributed by atoms with Crippen molar-refractivity contribution < 1.29 is 9.18 Å². The standard InChI is InChI=1S/C18H18FN5O/c19-16-4-1-14(2-5-16)7-8-21-18(25)23-12-15-3-6-17(22-11-15)24-10-9-20-13-24/h1-6,9-11,13H,7-8,12H2,(H2,21,23,25). The fraction of sp³-hybridized carbons (Fsp3) is 0.167. The van der Waals surface area contributed by atoms with E-state index in [0.29, 0.717) is 19.5 Å². The summed E-state index contributed by atoms with van der Waals surface area (Å²) in [5.41, 5.74) is 1.87. The topological polar surface area (TPSA) is 71.8 Å². The average molecular weight is 339 g/mol. The first-order valence-electron chi connectivity index (χ1n) is 7.90. The Morgan fingerprint density at radius 3 is 2.56 bits per heavy atom. The lowest BCUT2D eigenvalue weighted by Crippen LogP contribution is -2.36. The van der Waals surface area contributed by atoms with Crippen LogP contribution in [-0.2, 0) is 13.0 Å². The van der Waals surface area contributed by atoms with Crippen molar-refractivity contribution in [1.29, 1.82) is 0 Å². The third kappa shape index (κ3) is 4.87. The number of hydrogen-bond acceptors (Lipinski definition) is 3. The maximum absolute atomic E-state index is 12.8. The molecule has 0 fully saturated rings. The number of carbonyl (C=O) groups is 1. The van der Waals surface area contributed by atoms with E-state index in [1.54, 1.807) is 35.4 Å². The number of rotatable bonds is 6. The molecule has 0 atom stereocenters. The van der Waals surface area contributed by atoms with E-state index in [1.165, 1.54) is 12.1 Å². The van der Waals surface area contributed by atoms with E-state index in [2.05, 4.69) is 20.6 Å². The number of nitrogens with zero attached hydrogens (tertiary/aromatic N) is 3. The van der Waals surface area contributed by atoms with Gasteiger partial charge in [0.2, 0.25) is 0 Å². The number of urea groups is 1. The highest BCUT2D eigenvalue weighted by molar-refractivity contribution is 5.73. The highest BCUT2D eigenvalue weighted by atomic mass is 19.1. The van der Waals surface area contributed by atoms with Crippen molar-refractivity contribution in [2.45, 2.75) is 13.0 Å². The summed E-state index contributed by atoms with van der Waals surface area (Å²) in [6.45, 7) is 0.870. The molecule has 6 nitrogen and oxygen atoms in total. The van der Waals surface area contributed by atoms with Gasteiger partial charge in [-0.1, -0.05) is 18.2 Å². The molecule has 0 aliphatic heterocycles. The van der Waals surface area contributed by atoms with Gasteiger partial charge < -0.3 is 10.6 Å². The molecule has 2 N–H and O–H groups in total. The summed E-state index contributed by atoms with van der Waals surface area (Å²) in [5, 5.41) is 5.55. The summed E-state index contributed by atoms with van der Waals surface area (Å²) in [5.74, 6) is 0.507. The molecule has 0 radical (unpaired) electrons. The number of aromatic nitrogens is 3. The molecule has 25 heavy (non-hydrogen) atoms. The third-order valence-corrected chi connectivity index (χ3v) is 3.64. The Balaban J connectivity index is 1.40. The first kappa shape index (κ1) is 16.6. The molecule has 0 saturated heterocycles. The highest BCUT2D eigenvalue weighted by Gasteiger charge is 2.02. The van der Waals surface area contributed by atoms with Gasteiger partial charge in [-0.3, -0.25) is 4.57 Å². The van der Waals surface area contributed by atoms with E-state index in [1.807, 2.05) is 18.3 Å². The SMILES string of the molecule is O=C(NCCc1ccc(F)cc1)NCc1ccc(-n2ccnc2)nc1. The van der Waals surface area contributed by atoms with Crippen molar-refractivity contribution in [3.63, 3.8) is 0 Å². The molecule has 0 spiro atoms. The van der Waals surface area contributed by atoms with E-state index in [9.17, 15) is 9.18 Å². The zero-order valence-electron chi connectivity index (χ0n) is 13.5. The summed E-state index contributed by atoms with van der Waals surface area (Å²) in [6, 6.07) is 9.77. The van der Waals surface area contributed by atoms with Crippen LogP contribution in [0.2, 0.25) is 0 Å². The van der Waals surface area contributed by atoms with Crippen LogP contribution in [-0.4, -0.2) is 27.1 Å². The van der Waals surface area contributed by atoms with Crippen molar-refractivity contribution in [2.24, 2.45) is 0 Å². The normalized spacial score (nSPS) is 10.4. The molecule has 7 heteroatoms. The summed E-state index contributed by atoms with van der Waals surface area (Å²) in [4.78, 5) is 20.1. The van der Waals surface area contributed by atoms with E-state index >= 15 is 0 Å². The first-order valence-corrected chi connectivity index (χ1v) is 7.90.